The zero-order valence-corrected chi connectivity index (χ0v) is 20.9. The van der Waals surface area contributed by atoms with E-state index in [9.17, 15) is 0 Å². The maximum atomic E-state index is 6.66. The van der Waals surface area contributed by atoms with Gasteiger partial charge in [0.1, 0.15) is 24.6 Å². The van der Waals surface area contributed by atoms with Crippen LogP contribution in [0.3, 0.4) is 0 Å². The Balaban J connectivity index is 1.64. The van der Waals surface area contributed by atoms with Crippen molar-refractivity contribution in [1.82, 2.24) is 4.58 Å². The molecule has 2 saturated heterocycles. The lowest BCUT2D eigenvalue weighted by Gasteiger charge is -2.29. The van der Waals surface area contributed by atoms with Gasteiger partial charge < -0.3 is 18.8 Å². The van der Waals surface area contributed by atoms with E-state index in [4.69, 9.17) is 13.9 Å². The Bertz CT molecular complexity index is 1420. The summed E-state index contributed by atoms with van der Waals surface area (Å²) in [7, 11) is 0. The van der Waals surface area contributed by atoms with E-state index in [2.05, 4.69) is 78.8 Å². The van der Waals surface area contributed by atoms with Gasteiger partial charge in [-0.3, -0.25) is 0 Å². The second-order valence-corrected chi connectivity index (χ2v) is 9.81. The first kappa shape index (κ1) is 22.3. The van der Waals surface area contributed by atoms with Gasteiger partial charge in [-0.1, -0.05) is 17.7 Å². The summed E-state index contributed by atoms with van der Waals surface area (Å²) in [6.45, 7) is 13.3. The van der Waals surface area contributed by atoms with Crippen molar-refractivity contribution in [2.75, 3.05) is 57.5 Å². The summed E-state index contributed by atoms with van der Waals surface area (Å²) in [4.78, 5) is 2.38. The molecule has 5 heteroatoms. The third kappa shape index (κ3) is 4.13. The van der Waals surface area contributed by atoms with Crippen molar-refractivity contribution in [3.8, 4) is 22.5 Å². The molecule has 2 aromatic rings. The number of hydrogen-bond donors (Lipinski definition) is 0. The number of fused-ring (bicyclic) bond motifs is 2. The van der Waals surface area contributed by atoms with E-state index in [0.717, 1.165) is 74.9 Å². The number of rotatable bonds is 2. The first-order chi connectivity index (χ1) is 17.1. The number of aryl methyl sites for hydroxylation is 3. The van der Waals surface area contributed by atoms with Gasteiger partial charge in [0, 0.05) is 47.4 Å². The van der Waals surface area contributed by atoms with Gasteiger partial charge in [0.25, 0.3) is 0 Å². The number of nitrogens with zero attached hydrogens (tertiary/aromatic N) is 2. The standard InChI is InChI=1S/C30H33N2O3/c1-20-16-21(2)29(22(3)17-20)30-25-6-4-23(31-8-12-33-13-9-31)18-27(25)35-28-19-24(5-7-26(28)30)32-10-14-34-15-11-32/h4-7,16-19H,8-15H2,1-3H3/q+1. The third-order valence-corrected chi connectivity index (χ3v) is 7.37. The Kier molecular flexibility index (Phi) is 5.83. The third-order valence-electron chi connectivity index (χ3n) is 7.37. The van der Waals surface area contributed by atoms with Gasteiger partial charge in [0.15, 0.2) is 13.1 Å². The minimum absolute atomic E-state index is 0.767. The van der Waals surface area contributed by atoms with E-state index in [1.165, 1.54) is 38.9 Å². The van der Waals surface area contributed by atoms with Crippen LogP contribution in [0.1, 0.15) is 16.7 Å². The summed E-state index contributed by atoms with van der Waals surface area (Å²) in [5.74, 6) is 0.926. The van der Waals surface area contributed by atoms with E-state index in [-0.39, 0.29) is 0 Å². The average Bonchev–Trinajstić information content (AvgIpc) is 2.88. The summed E-state index contributed by atoms with van der Waals surface area (Å²) >= 11 is 0. The summed E-state index contributed by atoms with van der Waals surface area (Å²) in [5.41, 5.74) is 9.73. The fourth-order valence-electron chi connectivity index (χ4n) is 5.75. The molecule has 0 unspecified atom stereocenters. The van der Waals surface area contributed by atoms with Gasteiger partial charge in [-0.05, 0) is 55.7 Å². The molecule has 0 aromatic heterocycles. The highest BCUT2D eigenvalue weighted by Gasteiger charge is 2.23. The zero-order valence-electron chi connectivity index (χ0n) is 20.9. The van der Waals surface area contributed by atoms with E-state index < -0.39 is 0 Å². The van der Waals surface area contributed by atoms with Crippen LogP contribution in [0, 0.1) is 20.8 Å². The molecular formula is C30H33N2O3+. The molecule has 0 radical (unpaired) electrons. The first-order valence-electron chi connectivity index (χ1n) is 12.7. The van der Waals surface area contributed by atoms with Crippen molar-refractivity contribution in [3.63, 3.8) is 0 Å². The van der Waals surface area contributed by atoms with Gasteiger partial charge in [-0.25, -0.2) is 4.58 Å². The molecule has 0 N–H and O–H groups in total. The maximum Gasteiger partial charge on any atom is 0.203 e. The normalized spacial score (nSPS) is 16.9. The predicted octanol–water partition coefficient (Wildman–Crippen LogP) is 4.77. The molecule has 180 valence electrons. The molecule has 0 bridgehead atoms. The molecule has 0 spiro atoms. The summed E-state index contributed by atoms with van der Waals surface area (Å²) < 4.78 is 20.2. The Hall–Kier alpha value is -3.15. The molecule has 2 fully saturated rings. The van der Waals surface area contributed by atoms with Crippen LogP contribution in [0.4, 0.5) is 5.69 Å². The predicted molar refractivity (Wildman–Crippen MR) is 141 cm³/mol. The van der Waals surface area contributed by atoms with Crippen molar-refractivity contribution in [1.29, 1.82) is 0 Å². The number of morpholine rings is 2. The van der Waals surface area contributed by atoms with Crippen molar-refractivity contribution in [2.24, 2.45) is 0 Å². The highest BCUT2D eigenvalue weighted by molar-refractivity contribution is 6.04. The van der Waals surface area contributed by atoms with E-state index in [1.807, 2.05) is 0 Å². The Labute approximate surface area is 206 Å². The number of hydrogen-bond acceptors (Lipinski definition) is 4. The highest BCUT2D eigenvalue weighted by atomic mass is 16.5. The van der Waals surface area contributed by atoms with E-state index in [1.54, 1.807) is 0 Å². The maximum absolute atomic E-state index is 6.66. The quantitative estimate of drug-likeness (QED) is 0.313. The van der Waals surface area contributed by atoms with Gasteiger partial charge in [-0.15, -0.1) is 0 Å². The van der Waals surface area contributed by atoms with Crippen LogP contribution in [0.2, 0.25) is 0 Å². The van der Waals surface area contributed by atoms with Crippen molar-refractivity contribution in [2.45, 2.75) is 20.8 Å². The molecule has 4 aliphatic rings. The number of anilines is 1. The Morgan fingerprint density at radius 3 is 2.20 bits per heavy atom. The average molecular weight is 470 g/mol. The molecule has 5 nitrogen and oxygen atoms in total. The number of benzene rings is 3. The molecule has 3 heterocycles. The second kappa shape index (κ2) is 9.14. The highest BCUT2D eigenvalue weighted by Crippen LogP contribution is 2.43. The van der Waals surface area contributed by atoms with Crippen LogP contribution >= 0.6 is 0 Å². The summed E-state index contributed by atoms with van der Waals surface area (Å²) in [6, 6.07) is 18.0. The largest absolute Gasteiger partial charge is 0.456 e. The lowest BCUT2D eigenvalue weighted by atomic mass is 9.87. The minimum Gasteiger partial charge on any atom is -0.456 e. The van der Waals surface area contributed by atoms with Crippen LogP contribution in [-0.4, -0.2) is 52.6 Å². The fraction of sp³-hybridized carbons (Fsp3) is 0.367. The molecule has 0 atom stereocenters. The van der Waals surface area contributed by atoms with Gasteiger partial charge in [0.2, 0.25) is 5.36 Å². The molecule has 35 heavy (non-hydrogen) atoms. The summed E-state index contributed by atoms with van der Waals surface area (Å²) in [6.07, 6.45) is 0. The molecule has 3 aliphatic heterocycles. The van der Waals surface area contributed by atoms with Crippen molar-refractivity contribution >= 4 is 16.7 Å². The smallest absolute Gasteiger partial charge is 0.203 e. The van der Waals surface area contributed by atoms with Gasteiger partial charge in [-0.2, -0.15) is 0 Å². The van der Waals surface area contributed by atoms with Crippen molar-refractivity contribution < 1.29 is 13.9 Å². The number of ether oxygens (including phenoxy) is 2. The lowest BCUT2D eigenvalue weighted by Crippen LogP contribution is -2.39. The second-order valence-electron chi connectivity index (χ2n) is 9.81. The lowest BCUT2D eigenvalue weighted by molar-refractivity contribution is 0.0965. The van der Waals surface area contributed by atoms with Crippen LogP contribution in [-0.2, 0) is 9.47 Å². The van der Waals surface area contributed by atoms with Crippen LogP contribution in [0.5, 0.6) is 0 Å². The molecule has 0 amide bonds. The molecule has 1 aliphatic carbocycles. The Morgan fingerprint density at radius 2 is 1.46 bits per heavy atom. The fourth-order valence-corrected chi connectivity index (χ4v) is 5.75. The topological polar surface area (TPSA) is 37.9 Å². The van der Waals surface area contributed by atoms with E-state index in [0.29, 0.717) is 0 Å². The zero-order chi connectivity index (χ0) is 23.9. The molecule has 0 saturated carbocycles. The van der Waals surface area contributed by atoms with Crippen LogP contribution in [0.15, 0.2) is 52.9 Å². The van der Waals surface area contributed by atoms with Crippen LogP contribution in [0.25, 0.3) is 33.4 Å². The SMILES string of the molecule is Cc1cc(C)c(-c2c3ccc(=[N+]4CCOCC4)cc-3oc3cc(N4CCOCC4)ccc23)c(C)c1. The molecule has 6 rings (SSSR count). The summed E-state index contributed by atoms with van der Waals surface area (Å²) in [5, 5.41) is 2.35. The van der Waals surface area contributed by atoms with Gasteiger partial charge in [0.05, 0.1) is 19.3 Å². The molecular weight excluding hydrogens is 436 g/mol. The van der Waals surface area contributed by atoms with E-state index >= 15 is 0 Å². The monoisotopic (exact) mass is 469 g/mol. The van der Waals surface area contributed by atoms with Crippen LogP contribution < -0.4 is 14.8 Å². The molecule has 2 aromatic carbocycles. The Morgan fingerprint density at radius 1 is 0.743 bits per heavy atom. The minimum atomic E-state index is 0.767. The van der Waals surface area contributed by atoms with Crippen molar-refractivity contribution in [3.05, 3.63) is 70.6 Å². The first-order valence-corrected chi connectivity index (χ1v) is 12.7. The van der Waals surface area contributed by atoms with Gasteiger partial charge >= 0.3 is 0 Å².